The standard InChI is InChI=1S/C13H12N2OS/c1-2-7-14-12(16)10-3-5-11(6-4-10)13-15-8-9-17-13/h2-6,8-9H,1,7H2,(H,14,16). The van der Waals surface area contributed by atoms with Crippen molar-refractivity contribution in [1.82, 2.24) is 10.3 Å². The molecule has 0 bridgehead atoms. The average molecular weight is 244 g/mol. The van der Waals surface area contributed by atoms with Crippen LogP contribution in [-0.2, 0) is 0 Å². The molecule has 0 spiro atoms. The van der Waals surface area contributed by atoms with Crippen LogP contribution in [0.25, 0.3) is 10.6 Å². The Morgan fingerprint density at radius 3 is 2.76 bits per heavy atom. The van der Waals surface area contributed by atoms with E-state index >= 15 is 0 Å². The third kappa shape index (κ3) is 2.79. The van der Waals surface area contributed by atoms with E-state index in [0.29, 0.717) is 12.1 Å². The molecule has 2 rings (SSSR count). The van der Waals surface area contributed by atoms with Gasteiger partial charge in [-0.05, 0) is 12.1 Å². The predicted molar refractivity (Wildman–Crippen MR) is 70.1 cm³/mol. The highest BCUT2D eigenvalue weighted by atomic mass is 32.1. The maximum absolute atomic E-state index is 11.6. The number of rotatable bonds is 4. The summed E-state index contributed by atoms with van der Waals surface area (Å²) in [5.74, 6) is -0.0874. The Bertz CT molecular complexity index is 503. The number of nitrogens with one attached hydrogen (secondary N) is 1. The van der Waals surface area contributed by atoms with Gasteiger partial charge in [-0.3, -0.25) is 4.79 Å². The molecular weight excluding hydrogens is 232 g/mol. The Morgan fingerprint density at radius 2 is 2.18 bits per heavy atom. The number of hydrogen-bond acceptors (Lipinski definition) is 3. The van der Waals surface area contributed by atoms with Crippen molar-refractivity contribution in [2.75, 3.05) is 6.54 Å². The van der Waals surface area contributed by atoms with Crippen molar-refractivity contribution in [3.8, 4) is 10.6 Å². The van der Waals surface area contributed by atoms with Gasteiger partial charge in [0.1, 0.15) is 5.01 Å². The second-order valence-corrected chi connectivity index (χ2v) is 4.31. The number of hydrogen-bond donors (Lipinski definition) is 1. The molecule has 0 radical (unpaired) electrons. The fourth-order valence-corrected chi connectivity index (χ4v) is 2.04. The summed E-state index contributed by atoms with van der Waals surface area (Å²) in [7, 11) is 0. The highest BCUT2D eigenvalue weighted by Crippen LogP contribution is 2.21. The lowest BCUT2D eigenvalue weighted by Gasteiger charge is -2.02. The molecule has 4 heteroatoms. The molecule has 1 aromatic carbocycles. The number of amides is 1. The summed E-state index contributed by atoms with van der Waals surface area (Å²) in [4.78, 5) is 15.8. The van der Waals surface area contributed by atoms with Crippen molar-refractivity contribution in [3.05, 3.63) is 54.1 Å². The van der Waals surface area contributed by atoms with E-state index in [1.165, 1.54) is 0 Å². The summed E-state index contributed by atoms with van der Waals surface area (Å²) in [6, 6.07) is 7.41. The molecule has 0 unspecified atom stereocenters. The molecule has 0 atom stereocenters. The maximum Gasteiger partial charge on any atom is 0.251 e. The van der Waals surface area contributed by atoms with Crippen LogP contribution in [0.3, 0.4) is 0 Å². The van der Waals surface area contributed by atoms with Crippen LogP contribution >= 0.6 is 11.3 Å². The van der Waals surface area contributed by atoms with Crippen molar-refractivity contribution in [2.45, 2.75) is 0 Å². The minimum atomic E-state index is -0.0874. The summed E-state index contributed by atoms with van der Waals surface area (Å²) < 4.78 is 0. The van der Waals surface area contributed by atoms with Crippen molar-refractivity contribution in [2.24, 2.45) is 0 Å². The van der Waals surface area contributed by atoms with E-state index in [1.807, 2.05) is 17.5 Å². The van der Waals surface area contributed by atoms with Gasteiger partial charge < -0.3 is 5.32 Å². The van der Waals surface area contributed by atoms with E-state index in [4.69, 9.17) is 0 Å². The normalized spacial score (nSPS) is 9.88. The number of benzene rings is 1. The van der Waals surface area contributed by atoms with Gasteiger partial charge in [0.25, 0.3) is 5.91 Å². The third-order valence-electron chi connectivity index (χ3n) is 2.23. The number of carbonyl (C=O) groups is 1. The Hall–Kier alpha value is -1.94. The molecule has 0 aliphatic carbocycles. The van der Waals surface area contributed by atoms with Crippen molar-refractivity contribution < 1.29 is 4.79 Å². The Balaban J connectivity index is 2.13. The summed E-state index contributed by atoms with van der Waals surface area (Å²) in [5, 5.41) is 5.62. The summed E-state index contributed by atoms with van der Waals surface area (Å²) in [5.41, 5.74) is 1.67. The van der Waals surface area contributed by atoms with Crippen LogP contribution in [0.15, 0.2) is 48.5 Å². The molecule has 86 valence electrons. The Morgan fingerprint density at radius 1 is 1.41 bits per heavy atom. The lowest BCUT2D eigenvalue weighted by atomic mass is 10.1. The molecular formula is C13H12N2OS. The van der Waals surface area contributed by atoms with E-state index in [2.05, 4.69) is 16.9 Å². The molecule has 0 aliphatic heterocycles. The molecule has 0 saturated carbocycles. The highest BCUT2D eigenvalue weighted by Gasteiger charge is 2.05. The molecule has 0 aliphatic rings. The largest absolute Gasteiger partial charge is 0.349 e. The van der Waals surface area contributed by atoms with E-state index in [9.17, 15) is 4.79 Å². The number of nitrogens with zero attached hydrogens (tertiary/aromatic N) is 1. The predicted octanol–water partition coefficient (Wildman–Crippen LogP) is 2.73. The second-order valence-electron chi connectivity index (χ2n) is 3.41. The number of thiazole rings is 1. The van der Waals surface area contributed by atoms with E-state index < -0.39 is 0 Å². The van der Waals surface area contributed by atoms with Gasteiger partial charge in [0, 0.05) is 29.2 Å². The summed E-state index contributed by atoms with van der Waals surface area (Å²) in [6.07, 6.45) is 3.42. The SMILES string of the molecule is C=CCNC(=O)c1ccc(-c2nccs2)cc1. The smallest absolute Gasteiger partial charge is 0.251 e. The molecule has 3 nitrogen and oxygen atoms in total. The summed E-state index contributed by atoms with van der Waals surface area (Å²) >= 11 is 1.58. The van der Waals surface area contributed by atoms with Crippen LogP contribution in [0.2, 0.25) is 0 Å². The summed E-state index contributed by atoms with van der Waals surface area (Å²) in [6.45, 7) is 4.03. The van der Waals surface area contributed by atoms with Crippen molar-refractivity contribution in [3.63, 3.8) is 0 Å². The zero-order chi connectivity index (χ0) is 12.1. The first kappa shape index (κ1) is 11.5. The first-order chi connectivity index (χ1) is 8.31. The molecule has 2 aromatic rings. The van der Waals surface area contributed by atoms with Gasteiger partial charge in [-0.1, -0.05) is 18.2 Å². The minimum Gasteiger partial charge on any atom is -0.349 e. The lowest BCUT2D eigenvalue weighted by molar-refractivity contribution is 0.0958. The van der Waals surface area contributed by atoms with Gasteiger partial charge >= 0.3 is 0 Å². The highest BCUT2D eigenvalue weighted by molar-refractivity contribution is 7.13. The zero-order valence-electron chi connectivity index (χ0n) is 9.22. The number of carbonyl (C=O) groups excluding carboxylic acids is 1. The Labute approximate surface area is 104 Å². The molecule has 1 N–H and O–H groups in total. The van der Waals surface area contributed by atoms with E-state index in [0.717, 1.165) is 10.6 Å². The van der Waals surface area contributed by atoms with Crippen LogP contribution in [0.4, 0.5) is 0 Å². The molecule has 1 amide bonds. The van der Waals surface area contributed by atoms with Gasteiger partial charge in [-0.25, -0.2) is 4.98 Å². The van der Waals surface area contributed by atoms with Gasteiger partial charge in [0.2, 0.25) is 0 Å². The molecule has 1 aromatic heterocycles. The molecule has 1 heterocycles. The molecule has 0 saturated heterocycles. The fraction of sp³-hybridized carbons (Fsp3) is 0.0769. The fourth-order valence-electron chi connectivity index (χ4n) is 1.40. The molecule has 17 heavy (non-hydrogen) atoms. The first-order valence-corrected chi connectivity index (χ1v) is 6.08. The minimum absolute atomic E-state index is 0.0874. The van der Waals surface area contributed by atoms with Gasteiger partial charge in [-0.15, -0.1) is 17.9 Å². The topological polar surface area (TPSA) is 42.0 Å². The van der Waals surface area contributed by atoms with E-state index in [1.54, 1.807) is 35.7 Å². The first-order valence-electron chi connectivity index (χ1n) is 5.20. The zero-order valence-corrected chi connectivity index (χ0v) is 10.0. The van der Waals surface area contributed by atoms with Crippen LogP contribution in [0.1, 0.15) is 10.4 Å². The average Bonchev–Trinajstić information content (AvgIpc) is 2.90. The maximum atomic E-state index is 11.6. The van der Waals surface area contributed by atoms with Crippen molar-refractivity contribution >= 4 is 17.2 Å². The van der Waals surface area contributed by atoms with Crippen LogP contribution in [-0.4, -0.2) is 17.4 Å². The van der Waals surface area contributed by atoms with Crippen LogP contribution in [0.5, 0.6) is 0 Å². The third-order valence-corrected chi connectivity index (χ3v) is 3.06. The quantitative estimate of drug-likeness (QED) is 0.840. The lowest BCUT2D eigenvalue weighted by Crippen LogP contribution is -2.22. The van der Waals surface area contributed by atoms with Gasteiger partial charge in [-0.2, -0.15) is 0 Å². The van der Waals surface area contributed by atoms with Crippen LogP contribution in [0, 0.1) is 0 Å². The van der Waals surface area contributed by atoms with Gasteiger partial charge in [0.05, 0.1) is 0 Å². The number of aromatic nitrogens is 1. The molecule has 0 fully saturated rings. The van der Waals surface area contributed by atoms with E-state index in [-0.39, 0.29) is 5.91 Å². The monoisotopic (exact) mass is 244 g/mol. The van der Waals surface area contributed by atoms with Gasteiger partial charge in [0.15, 0.2) is 0 Å². The van der Waals surface area contributed by atoms with Crippen LogP contribution < -0.4 is 5.32 Å². The van der Waals surface area contributed by atoms with Crippen molar-refractivity contribution in [1.29, 1.82) is 0 Å². The second kappa shape index (κ2) is 5.41. The Kier molecular flexibility index (Phi) is 3.67.